The van der Waals surface area contributed by atoms with E-state index >= 15 is 0 Å². The minimum Gasteiger partial charge on any atom is -0.472 e. The van der Waals surface area contributed by atoms with Gasteiger partial charge in [0.15, 0.2) is 0 Å². The molecule has 0 saturated carbocycles. The lowest BCUT2D eigenvalue weighted by Crippen LogP contribution is -2.25. The van der Waals surface area contributed by atoms with E-state index in [4.69, 9.17) is 10.2 Å². The highest BCUT2D eigenvalue weighted by Crippen LogP contribution is 2.11. The Kier molecular flexibility index (Phi) is 3.72. The van der Waals surface area contributed by atoms with Gasteiger partial charge < -0.3 is 20.0 Å². The minimum atomic E-state index is -0.124. The number of nitrogens with two attached hydrogens (primary N) is 1. The first-order valence-corrected chi connectivity index (χ1v) is 5.95. The molecule has 1 amide bonds. The molecule has 0 aliphatic rings. The van der Waals surface area contributed by atoms with Crippen LogP contribution in [0.3, 0.4) is 0 Å². The van der Waals surface area contributed by atoms with Crippen LogP contribution < -0.4 is 11.1 Å². The van der Waals surface area contributed by atoms with E-state index in [9.17, 15) is 4.79 Å². The molecule has 0 fully saturated rings. The second-order valence-electron chi connectivity index (χ2n) is 4.17. The Morgan fingerprint density at radius 3 is 3.06 bits per heavy atom. The topological polar surface area (TPSA) is 73.2 Å². The number of amides is 1. The van der Waals surface area contributed by atoms with Crippen LogP contribution in [0.4, 0.5) is 5.69 Å². The number of aryl methyl sites for hydroxylation is 1. The lowest BCUT2D eigenvalue weighted by atomic mass is 10.3. The van der Waals surface area contributed by atoms with Crippen LogP contribution in [0.15, 0.2) is 35.3 Å². The van der Waals surface area contributed by atoms with E-state index in [-0.39, 0.29) is 5.91 Å². The fraction of sp³-hybridized carbons (Fsp3) is 0.308. The third-order valence-electron chi connectivity index (χ3n) is 2.65. The van der Waals surface area contributed by atoms with E-state index in [1.54, 1.807) is 24.8 Å². The molecule has 96 valence electrons. The van der Waals surface area contributed by atoms with Gasteiger partial charge in [0.05, 0.1) is 18.2 Å². The monoisotopic (exact) mass is 247 g/mol. The summed E-state index contributed by atoms with van der Waals surface area (Å²) in [6, 6.07) is 3.51. The quantitative estimate of drug-likeness (QED) is 0.848. The van der Waals surface area contributed by atoms with Gasteiger partial charge in [-0.15, -0.1) is 0 Å². The molecule has 2 aromatic rings. The highest BCUT2D eigenvalue weighted by atomic mass is 16.3. The van der Waals surface area contributed by atoms with E-state index < -0.39 is 0 Å². The summed E-state index contributed by atoms with van der Waals surface area (Å²) in [4.78, 5) is 12.0. The van der Waals surface area contributed by atoms with Gasteiger partial charge >= 0.3 is 0 Å². The zero-order valence-corrected chi connectivity index (χ0v) is 10.3. The maximum Gasteiger partial charge on any atom is 0.268 e. The van der Waals surface area contributed by atoms with Gasteiger partial charge in [0, 0.05) is 24.8 Å². The Morgan fingerprint density at radius 2 is 2.39 bits per heavy atom. The van der Waals surface area contributed by atoms with Crippen molar-refractivity contribution >= 4 is 11.6 Å². The molecule has 0 bridgehead atoms. The standard InChI is InChI=1S/C13H17N3O2/c1-2-4-16-8-11(14)6-12(16)13(17)15-7-10-3-5-18-9-10/h3,5-6,8-9H,2,4,7,14H2,1H3,(H,15,17). The van der Waals surface area contributed by atoms with Gasteiger partial charge in [0.2, 0.25) is 0 Å². The number of hydrogen-bond donors (Lipinski definition) is 2. The first kappa shape index (κ1) is 12.3. The van der Waals surface area contributed by atoms with Crippen LogP contribution in [0, 0.1) is 0 Å². The Balaban J connectivity index is 2.03. The van der Waals surface area contributed by atoms with Crippen LogP contribution in [0.2, 0.25) is 0 Å². The van der Waals surface area contributed by atoms with Crippen molar-refractivity contribution in [2.45, 2.75) is 26.4 Å². The number of nitrogens with one attached hydrogen (secondary N) is 1. The van der Waals surface area contributed by atoms with E-state index in [1.165, 1.54) is 0 Å². The molecule has 3 N–H and O–H groups in total. The van der Waals surface area contributed by atoms with Gasteiger partial charge in [-0.3, -0.25) is 4.79 Å². The third-order valence-corrected chi connectivity index (χ3v) is 2.65. The fourth-order valence-corrected chi connectivity index (χ4v) is 1.82. The molecule has 0 saturated heterocycles. The lowest BCUT2D eigenvalue weighted by Gasteiger charge is -2.07. The SMILES string of the molecule is CCCn1cc(N)cc1C(=O)NCc1ccoc1. The predicted molar refractivity (Wildman–Crippen MR) is 69.0 cm³/mol. The van der Waals surface area contributed by atoms with Crippen LogP contribution in [-0.2, 0) is 13.1 Å². The van der Waals surface area contributed by atoms with Gasteiger partial charge in [0.1, 0.15) is 5.69 Å². The van der Waals surface area contributed by atoms with Gasteiger partial charge in [-0.2, -0.15) is 0 Å². The fourth-order valence-electron chi connectivity index (χ4n) is 1.82. The molecule has 2 rings (SSSR count). The molecule has 0 unspecified atom stereocenters. The summed E-state index contributed by atoms with van der Waals surface area (Å²) in [5.74, 6) is -0.124. The maximum absolute atomic E-state index is 12.0. The molecule has 2 heterocycles. The van der Waals surface area contributed by atoms with Crippen molar-refractivity contribution < 1.29 is 9.21 Å². The average molecular weight is 247 g/mol. The van der Waals surface area contributed by atoms with Gasteiger partial charge in [-0.05, 0) is 18.6 Å². The predicted octanol–water partition coefficient (Wildman–Crippen LogP) is 2.00. The summed E-state index contributed by atoms with van der Waals surface area (Å²) in [6.07, 6.45) is 5.94. The Labute approximate surface area is 106 Å². The Bertz CT molecular complexity index is 514. The zero-order chi connectivity index (χ0) is 13.0. The van der Waals surface area contributed by atoms with Crippen molar-refractivity contribution in [3.05, 3.63) is 42.1 Å². The Morgan fingerprint density at radius 1 is 1.56 bits per heavy atom. The van der Waals surface area contributed by atoms with Crippen molar-refractivity contribution in [2.75, 3.05) is 5.73 Å². The molecular weight excluding hydrogens is 230 g/mol. The number of aromatic nitrogens is 1. The van der Waals surface area contributed by atoms with Crippen LogP contribution in [0.5, 0.6) is 0 Å². The number of nitrogens with zero attached hydrogens (tertiary/aromatic N) is 1. The summed E-state index contributed by atoms with van der Waals surface area (Å²) in [5, 5.41) is 2.84. The molecule has 0 radical (unpaired) electrons. The first-order chi connectivity index (χ1) is 8.70. The van der Waals surface area contributed by atoms with Crippen molar-refractivity contribution in [3.63, 3.8) is 0 Å². The van der Waals surface area contributed by atoms with Crippen LogP contribution in [0.25, 0.3) is 0 Å². The highest BCUT2D eigenvalue weighted by Gasteiger charge is 2.12. The third kappa shape index (κ3) is 2.74. The number of nitrogen functional groups attached to an aromatic ring is 1. The summed E-state index contributed by atoms with van der Waals surface area (Å²) in [5.41, 5.74) is 7.86. The van der Waals surface area contributed by atoms with Crippen LogP contribution in [0.1, 0.15) is 29.4 Å². The largest absolute Gasteiger partial charge is 0.472 e. The molecule has 5 heteroatoms. The number of hydrogen-bond acceptors (Lipinski definition) is 3. The molecule has 0 spiro atoms. The average Bonchev–Trinajstić information content (AvgIpc) is 2.96. The van der Waals surface area contributed by atoms with Crippen molar-refractivity contribution in [1.29, 1.82) is 0 Å². The minimum absolute atomic E-state index is 0.124. The number of anilines is 1. The number of carbonyl (C=O) groups is 1. The number of rotatable bonds is 5. The second-order valence-corrected chi connectivity index (χ2v) is 4.17. The van der Waals surface area contributed by atoms with Gasteiger partial charge in [0.25, 0.3) is 5.91 Å². The maximum atomic E-state index is 12.0. The molecular formula is C13H17N3O2. The first-order valence-electron chi connectivity index (χ1n) is 5.95. The lowest BCUT2D eigenvalue weighted by molar-refractivity contribution is 0.0941. The van der Waals surface area contributed by atoms with Crippen molar-refractivity contribution in [2.24, 2.45) is 0 Å². The second kappa shape index (κ2) is 5.44. The molecule has 5 nitrogen and oxygen atoms in total. The summed E-state index contributed by atoms with van der Waals surface area (Å²) >= 11 is 0. The van der Waals surface area contributed by atoms with Crippen LogP contribution in [-0.4, -0.2) is 10.5 Å². The van der Waals surface area contributed by atoms with Gasteiger partial charge in [-0.25, -0.2) is 0 Å². The molecule has 0 aliphatic heterocycles. The normalized spacial score (nSPS) is 10.5. The summed E-state index contributed by atoms with van der Waals surface area (Å²) in [7, 11) is 0. The molecule has 0 aromatic carbocycles. The van der Waals surface area contributed by atoms with Crippen molar-refractivity contribution in [1.82, 2.24) is 9.88 Å². The smallest absolute Gasteiger partial charge is 0.268 e. The summed E-state index contributed by atoms with van der Waals surface area (Å²) < 4.78 is 6.82. The van der Waals surface area contributed by atoms with E-state index in [1.807, 2.05) is 10.6 Å². The molecule has 18 heavy (non-hydrogen) atoms. The van der Waals surface area contributed by atoms with Crippen LogP contribution >= 0.6 is 0 Å². The number of furan rings is 1. The zero-order valence-electron chi connectivity index (χ0n) is 10.3. The number of carbonyl (C=O) groups excluding carboxylic acids is 1. The Hall–Kier alpha value is -2.17. The molecule has 0 aliphatic carbocycles. The van der Waals surface area contributed by atoms with Gasteiger partial charge in [-0.1, -0.05) is 6.92 Å². The van der Waals surface area contributed by atoms with E-state index in [2.05, 4.69) is 12.2 Å². The highest BCUT2D eigenvalue weighted by molar-refractivity contribution is 5.93. The van der Waals surface area contributed by atoms with Crippen molar-refractivity contribution in [3.8, 4) is 0 Å². The molecule has 0 atom stereocenters. The molecule has 2 aromatic heterocycles. The van der Waals surface area contributed by atoms with E-state index in [0.29, 0.717) is 17.9 Å². The van der Waals surface area contributed by atoms with E-state index in [0.717, 1.165) is 18.5 Å². The summed E-state index contributed by atoms with van der Waals surface area (Å²) in [6.45, 7) is 3.29.